The molecule has 0 aromatic rings. The van der Waals surface area contributed by atoms with Crippen LogP contribution in [0.2, 0.25) is 0 Å². The van der Waals surface area contributed by atoms with Crippen LogP contribution in [0.25, 0.3) is 0 Å². The molecule has 106 valence electrons. The standard InChI is InChI=1S/C14H31N3P/c1-15(2)18(16(3)4,17(5)6)13-12-14-10-8-7-9-11-14/h12-14H,7-11H2,1-6H3/q+1/b13-12+. The van der Waals surface area contributed by atoms with Crippen LogP contribution in [0, 0.1) is 5.92 Å². The zero-order valence-electron chi connectivity index (χ0n) is 13.1. The lowest BCUT2D eigenvalue weighted by Gasteiger charge is -2.37. The second-order valence-corrected chi connectivity index (χ2v) is 9.82. The van der Waals surface area contributed by atoms with Crippen molar-refractivity contribution in [2.24, 2.45) is 5.92 Å². The first kappa shape index (κ1) is 16.1. The zero-order valence-corrected chi connectivity index (χ0v) is 14.0. The normalized spacial score (nSPS) is 19.6. The fourth-order valence-corrected chi connectivity index (χ4v) is 6.46. The number of hydrogen-bond acceptors (Lipinski definition) is 3. The van der Waals surface area contributed by atoms with Crippen molar-refractivity contribution in [3.05, 3.63) is 11.9 Å². The molecular formula is C14H31N3P+. The Labute approximate surface area is 114 Å². The van der Waals surface area contributed by atoms with Crippen LogP contribution in [-0.4, -0.2) is 56.3 Å². The molecule has 1 rings (SSSR count). The lowest BCUT2D eigenvalue weighted by atomic mass is 9.90. The van der Waals surface area contributed by atoms with Gasteiger partial charge in [0.25, 0.3) is 7.71 Å². The number of allylic oxidation sites excluding steroid dienone is 1. The van der Waals surface area contributed by atoms with Crippen molar-refractivity contribution in [2.45, 2.75) is 32.1 Å². The van der Waals surface area contributed by atoms with E-state index in [9.17, 15) is 0 Å². The first-order valence-electron chi connectivity index (χ1n) is 7.02. The van der Waals surface area contributed by atoms with Crippen LogP contribution in [0.1, 0.15) is 32.1 Å². The molecule has 0 unspecified atom stereocenters. The van der Waals surface area contributed by atoms with E-state index in [4.69, 9.17) is 0 Å². The molecule has 0 saturated heterocycles. The largest absolute Gasteiger partial charge is 0.252 e. The lowest BCUT2D eigenvalue weighted by Crippen LogP contribution is -2.34. The highest BCUT2D eigenvalue weighted by Gasteiger charge is 2.45. The van der Waals surface area contributed by atoms with Gasteiger partial charge in [-0.3, -0.25) is 0 Å². The van der Waals surface area contributed by atoms with Crippen molar-refractivity contribution in [2.75, 3.05) is 42.3 Å². The van der Waals surface area contributed by atoms with E-state index in [1.807, 2.05) is 0 Å². The fraction of sp³-hybridized carbons (Fsp3) is 0.857. The van der Waals surface area contributed by atoms with Crippen LogP contribution in [0.4, 0.5) is 0 Å². The summed E-state index contributed by atoms with van der Waals surface area (Å²) >= 11 is 0. The number of rotatable bonds is 5. The van der Waals surface area contributed by atoms with Gasteiger partial charge >= 0.3 is 0 Å². The second-order valence-electron chi connectivity index (χ2n) is 5.90. The van der Waals surface area contributed by atoms with Gasteiger partial charge in [-0.1, -0.05) is 19.3 Å². The Morgan fingerprint density at radius 3 is 1.61 bits per heavy atom. The van der Waals surface area contributed by atoms with Crippen LogP contribution >= 0.6 is 7.71 Å². The van der Waals surface area contributed by atoms with Gasteiger partial charge < -0.3 is 0 Å². The molecule has 0 amide bonds. The van der Waals surface area contributed by atoms with Crippen LogP contribution in [0.5, 0.6) is 0 Å². The van der Waals surface area contributed by atoms with E-state index in [0.29, 0.717) is 0 Å². The van der Waals surface area contributed by atoms with E-state index in [2.05, 4.69) is 68.2 Å². The van der Waals surface area contributed by atoms with Gasteiger partial charge in [0.1, 0.15) is 5.82 Å². The summed E-state index contributed by atoms with van der Waals surface area (Å²) in [5.74, 6) is 3.29. The first-order valence-corrected chi connectivity index (χ1v) is 8.74. The summed E-state index contributed by atoms with van der Waals surface area (Å²) in [4.78, 5) is 0. The highest BCUT2D eigenvalue weighted by molar-refractivity contribution is 7.71. The minimum atomic E-state index is -1.46. The summed E-state index contributed by atoms with van der Waals surface area (Å²) < 4.78 is 7.14. The van der Waals surface area contributed by atoms with Crippen LogP contribution in [0.15, 0.2) is 11.9 Å². The Hall–Kier alpha value is 0.0500. The third-order valence-electron chi connectivity index (χ3n) is 3.97. The van der Waals surface area contributed by atoms with Gasteiger partial charge in [0.05, 0.1) is 0 Å². The molecule has 0 aliphatic heterocycles. The summed E-state index contributed by atoms with van der Waals surface area (Å²) in [6.07, 6.45) is 9.50. The Balaban J connectivity index is 2.85. The van der Waals surface area contributed by atoms with Gasteiger partial charge in [-0.05, 0) is 24.8 Å². The van der Waals surface area contributed by atoms with E-state index in [0.717, 1.165) is 5.92 Å². The predicted octanol–water partition coefficient (Wildman–Crippen LogP) is 3.53. The van der Waals surface area contributed by atoms with Crippen LogP contribution < -0.4 is 0 Å². The topological polar surface area (TPSA) is 9.72 Å². The minimum absolute atomic E-state index is 0.804. The molecule has 0 heterocycles. The Morgan fingerprint density at radius 1 is 0.778 bits per heavy atom. The molecule has 0 N–H and O–H groups in total. The SMILES string of the molecule is CN(C)[P+](/C=C/C1CCCCC1)(N(C)C)N(C)C. The summed E-state index contributed by atoms with van der Waals surface area (Å²) in [6, 6.07) is 0. The molecule has 3 nitrogen and oxygen atoms in total. The molecule has 0 aromatic heterocycles. The maximum absolute atomic E-state index is 2.49. The average molecular weight is 272 g/mol. The van der Waals surface area contributed by atoms with E-state index in [1.54, 1.807) is 0 Å². The molecule has 18 heavy (non-hydrogen) atoms. The van der Waals surface area contributed by atoms with E-state index >= 15 is 0 Å². The quantitative estimate of drug-likeness (QED) is 0.709. The van der Waals surface area contributed by atoms with Crippen molar-refractivity contribution in [3.63, 3.8) is 0 Å². The van der Waals surface area contributed by atoms with Crippen molar-refractivity contribution < 1.29 is 0 Å². The average Bonchev–Trinajstić information content (AvgIpc) is 2.29. The van der Waals surface area contributed by atoms with E-state index in [1.165, 1.54) is 32.1 Å². The van der Waals surface area contributed by atoms with E-state index in [-0.39, 0.29) is 0 Å². The highest BCUT2D eigenvalue weighted by Crippen LogP contribution is 2.65. The molecule has 0 spiro atoms. The molecule has 4 heteroatoms. The Morgan fingerprint density at radius 2 is 1.22 bits per heavy atom. The molecule has 0 bridgehead atoms. The Bertz CT molecular complexity index is 246. The molecule has 1 aliphatic rings. The van der Waals surface area contributed by atoms with Gasteiger partial charge in [-0.25, -0.2) is 0 Å². The highest BCUT2D eigenvalue weighted by atomic mass is 31.2. The maximum Gasteiger partial charge on any atom is 0.252 e. The molecule has 1 fully saturated rings. The van der Waals surface area contributed by atoms with Crippen molar-refractivity contribution >= 4 is 7.71 Å². The monoisotopic (exact) mass is 272 g/mol. The van der Waals surface area contributed by atoms with Crippen molar-refractivity contribution in [3.8, 4) is 0 Å². The number of hydrogen-bond donors (Lipinski definition) is 0. The smallest absolute Gasteiger partial charge is 0.151 e. The summed E-state index contributed by atoms with van der Waals surface area (Å²) in [5, 5.41) is 0. The number of nitrogens with zero attached hydrogens (tertiary/aromatic N) is 3. The molecule has 0 atom stereocenters. The summed E-state index contributed by atoms with van der Waals surface area (Å²) in [6.45, 7) is 0. The fourth-order valence-electron chi connectivity index (χ4n) is 3.04. The second kappa shape index (κ2) is 7.00. The summed E-state index contributed by atoms with van der Waals surface area (Å²) in [5.41, 5.74) is 0. The molecule has 0 radical (unpaired) electrons. The molecule has 1 saturated carbocycles. The lowest BCUT2D eigenvalue weighted by molar-refractivity contribution is 0.418. The summed E-state index contributed by atoms with van der Waals surface area (Å²) in [7, 11) is 11.7. The first-order chi connectivity index (χ1) is 8.41. The van der Waals surface area contributed by atoms with Gasteiger partial charge in [0.15, 0.2) is 0 Å². The third kappa shape index (κ3) is 3.54. The van der Waals surface area contributed by atoms with Crippen molar-refractivity contribution in [1.29, 1.82) is 0 Å². The molecule has 1 aliphatic carbocycles. The van der Waals surface area contributed by atoms with Gasteiger partial charge in [-0.2, -0.15) is 14.0 Å². The van der Waals surface area contributed by atoms with Gasteiger partial charge in [-0.15, -0.1) is 0 Å². The van der Waals surface area contributed by atoms with E-state index < -0.39 is 7.71 Å². The Kier molecular flexibility index (Phi) is 6.26. The van der Waals surface area contributed by atoms with Gasteiger partial charge in [0.2, 0.25) is 0 Å². The maximum atomic E-state index is 2.49. The predicted molar refractivity (Wildman–Crippen MR) is 83.7 cm³/mol. The van der Waals surface area contributed by atoms with Crippen molar-refractivity contribution in [1.82, 2.24) is 14.0 Å². The van der Waals surface area contributed by atoms with Crippen LogP contribution in [0.3, 0.4) is 0 Å². The molecule has 0 aromatic carbocycles. The zero-order chi connectivity index (χ0) is 13.8. The van der Waals surface area contributed by atoms with Gasteiger partial charge in [0, 0.05) is 42.3 Å². The van der Waals surface area contributed by atoms with Crippen LogP contribution in [-0.2, 0) is 0 Å². The molecular weight excluding hydrogens is 241 g/mol. The third-order valence-corrected chi connectivity index (χ3v) is 8.08. The minimum Gasteiger partial charge on any atom is -0.151 e.